The number of rotatable bonds is 12. The fourth-order valence-electron chi connectivity index (χ4n) is 3.35. The molecule has 0 aromatic heterocycles. The second-order valence-corrected chi connectivity index (χ2v) is 8.06. The van der Waals surface area contributed by atoms with Gasteiger partial charge in [0.2, 0.25) is 23.6 Å². The summed E-state index contributed by atoms with van der Waals surface area (Å²) < 4.78 is 0. The van der Waals surface area contributed by atoms with E-state index in [1.807, 2.05) is 0 Å². The first-order chi connectivity index (χ1) is 16.3. The molecule has 8 N–H and O–H groups in total. The average Bonchev–Trinajstić information content (AvgIpc) is 3.26. The van der Waals surface area contributed by atoms with Crippen LogP contribution in [0.25, 0.3) is 0 Å². The molecule has 0 unspecified atom stereocenters. The van der Waals surface area contributed by atoms with Crippen LogP contribution in [0.15, 0.2) is 0 Å². The first-order valence-corrected chi connectivity index (χ1v) is 11.3. The summed E-state index contributed by atoms with van der Waals surface area (Å²) in [5, 5.41) is 33.2. The highest BCUT2D eigenvalue weighted by Gasteiger charge is 2.38. The van der Waals surface area contributed by atoms with Crippen LogP contribution in [0, 0.1) is 0 Å². The number of amides is 4. The molecule has 4 amide bonds. The highest BCUT2D eigenvalue weighted by Crippen LogP contribution is 2.20. The quantitative estimate of drug-likeness (QED) is 0.142. The lowest BCUT2D eigenvalue weighted by Gasteiger charge is -2.28. The summed E-state index contributed by atoms with van der Waals surface area (Å²) in [4.78, 5) is 70.5. The molecule has 0 spiro atoms. The number of aliphatic carboxylic acids is 2. The van der Waals surface area contributed by atoms with E-state index in [9.17, 15) is 34.2 Å². The minimum atomic E-state index is -1.21. The maximum absolute atomic E-state index is 13.0. The molecule has 0 saturated carbocycles. The number of carboxylic acids is 2. The number of carbonyl (C=O) groups excluding carboxylic acids is 4. The molecule has 0 bridgehead atoms. The molecule has 1 fully saturated rings. The lowest BCUT2D eigenvalue weighted by atomic mass is 10.1. The molecule has 0 aromatic rings. The molecular formula is C21H37N5O9. The number of aliphatic hydroxyl groups excluding tert-OH is 1. The molecule has 14 nitrogen and oxygen atoms in total. The Bertz CT molecular complexity index is 757. The lowest BCUT2D eigenvalue weighted by Crippen LogP contribution is -2.57. The van der Waals surface area contributed by atoms with E-state index in [-0.39, 0.29) is 6.42 Å². The number of carbonyl (C=O) groups is 6. The summed E-state index contributed by atoms with van der Waals surface area (Å²) in [6.45, 7) is 3.72. The molecule has 0 aromatic carbocycles. The minimum absolute atomic E-state index is 0.274. The van der Waals surface area contributed by atoms with E-state index < -0.39 is 66.3 Å². The maximum atomic E-state index is 13.0. The first-order valence-electron chi connectivity index (χ1n) is 11.3. The molecule has 1 saturated heterocycles. The molecular weight excluding hydrogens is 466 g/mol. The highest BCUT2D eigenvalue weighted by atomic mass is 16.4. The van der Waals surface area contributed by atoms with Gasteiger partial charge in [-0.05, 0) is 45.6 Å². The Hall–Kier alpha value is -3.26. The summed E-state index contributed by atoms with van der Waals surface area (Å²) in [6, 6.07) is -4.16. The molecule has 1 heterocycles. The summed E-state index contributed by atoms with van der Waals surface area (Å²) in [7, 11) is 0. The predicted molar refractivity (Wildman–Crippen MR) is 123 cm³/mol. The van der Waals surface area contributed by atoms with Crippen molar-refractivity contribution in [2.24, 2.45) is 5.73 Å². The number of nitrogens with two attached hydrogens (primary N) is 1. The van der Waals surface area contributed by atoms with Gasteiger partial charge in [0.25, 0.3) is 5.97 Å². The molecule has 35 heavy (non-hydrogen) atoms. The van der Waals surface area contributed by atoms with E-state index in [4.69, 9.17) is 15.6 Å². The van der Waals surface area contributed by atoms with Crippen molar-refractivity contribution in [3.05, 3.63) is 0 Å². The minimum Gasteiger partial charge on any atom is -0.481 e. The van der Waals surface area contributed by atoms with Gasteiger partial charge in [-0.1, -0.05) is 0 Å². The summed E-state index contributed by atoms with van der Waals surface area (Å²) >= 11 is 0. The van der Waals surface area contributed by atoms with Crippen molar-refractivity contribution in [1.29, 1.82) is 0 Å². The van der Waals surface area contributed by atoms with Gasteiger partial charge in [-0.25, -0.2) is 4.79 Å². The van der Waals surface area contributed by atoms with Crippen LogP contribution in [0.2, 0.25) is 0 Å². The number of carboxylic acid groups (broad SMARTS) is 2. The van der Waals surface area contributed by atoms with Crippen molar-refractivity contribution < 1.29 is 44.1 Å². The zero-order valence-corrected chi connectivity index (χ0v) is 20.3. The predicted octanol–water partition coefficient (Wildman–Crippen LogP) is -2.23. The second-order valence-electron chi connectivity index (χ2n) is 8.06. The molecule has 14 heteroatoms. The second kappa shape index (κ2) is 16.4. The molecule has 4 atom stereocenters. The van der Waals surface area contributed by atoms with Gasteiger partial charge in [-0.15, -0.1) is 0 Å². The van der Waals surface area contributed by atoms with Crippen LogP contribution >= 0.6 is 0 Å². The van der Waals surface area contributed by atoms with E-state index in [0.29, 0.717) is 38.8 Å². The van der Waals surface area contributed by atoms with Gasteiger partial charge in [-0.3, -0.25) is 24.0 Å². The third-order valence-corrected chi connectivity index (χ3v) is 5.01. The third kappa shape index (κ3) is 12.1. The van der Waals surface area contributed by atoms with Crippen LogP contribution < -0.4 is 21.7 Å². The molecule has 0 radical (unpaired) electrons. The summed E-state index contributed by atoms with van der Waals surface area (Å²) in [5.74, 6) is -4.33. The van der Waals surface area contributed by atoms with Gasteiger partial charge in [0.15, 0.2) is 0 Å². The number of hydrogen-bond donors (Lipinski definition) is 7. The molecule has 200 valence electrons. The number of unbranched alkanes of at least 4 members (excludes halogenated alkanes) is 1. The normalized spacial score (nSPS) is 17.2. The van der Waals surface area contributed by atoms with E-state index in [2.05, 4.69) is 16.0 Å². The van der Waals surface area contributed by atoms with Crippen molar-refractivity contribution in [2.45, 2.75) is 77.0 Å². The number of likely N-dealkylation sites (tertiary alicyclic amines) is 1. The van der Waals surface area contributed by atoms with Crippen LogP contribution in [0.1, 0.15) is 52.9 Å². The number of nitrogens with one attached hydrogen (secondary N) is 3. The highest BCUT2D eigenvalue weighted by molar-refractivity contribution is 5.94. The van der Waals surface area contributed by atoms with E-state index in [1.54, 1.807) is 0 Å². The van der Waals surface area contributed by atoms with Gasteiger partial charge in [0.1, 0.15) is 24.2 Å². The Morgan fingerprint density at radius 3 is 2.06 bits per heavy atom. The monoisotopic (exact) mass is 503 g/mol. The molecule has 1 aliphatic rings. The van der Waals surface area contributed by atoms with Crippen molar-refractivity contribution in [1.82, 2.24) is 20.9 Å². The summed E-state index contributed by atoms with van der Waals surface area (Å²) in [6.07, 6.45) is 2.36. The van der Waals surface area contributed by atoms with Crippen molar-refractivity contribution in [2.75, 3.05) is 19.7 Å². The molecule has 0 aliphatic carbocycles. The summed E-state index contributed by atoms with van der Waals surface area (Å²) in [5.41, 5.74) is 5.50. The van der Waals surface area contributed by atoms with E-state index in [1.165, 1.54) is 18.7 Å². The van der Waals surface area contributed by atoms with Crippen molar-refractivity contribution in [3.8, 4) is 0 Å². The van der Waals surface area contributed by atoms with Crippen molar-refractivity contribution >= 4 is 35.6 Å². The molecule has 1 rings (SSSR count). The van der Waals surface area contributed by atoms with Gasteiger partial charge in [0.05, 0.1) is 6.61 Å². The molecule has 1 aliphatic heterocycles. The van der Waals surface area contributed by atoms with E-state index >= 15 is 0 Å². The average molecular weight is 504 g/mol. The SMILES string of the molecule is CC(=O)N[C@@H](CO)C(=O)N[C@@H](C)C(=O)N[C@@H](CCCCN)C(=O)N1CCC[C@H]1C(=O)O.CC(=O)O. The van der Waals surface area contributed by atoms with Crippen molar-refractivity contribution in [3.63, 3.8) is 0 Å². The Kier molecular flexibility index (Phi) is 14.9. The number of aliphatic hydroxyl groups is 1. The Labute approximate surface area is 203 Å². The maximum Gasteiger partial charge on any atom is 0.326 e. The third-order valence-electron chi connectivity index (χ3n) is 5.01. The Morgan fingerprint density at radius 2 is 1.57 bits per heavy atom. The zero-order chi connectivity index (χ0) is 27.1. The number of nitrogens with zero attached hydrogens (tertiary/aromatic N) is 1. The van der Waals surface area contributed by atoms with Crippen LogP contribution in [-0.4, -0.2) is 99.7 Å². The van der Waals surface area contributed by atoms with Crippen LogP contribution in [0.3, 0.4) is 0 Å². The van der Waals surface area contributed by atoms with Crippen LogP contribution in [-0.2, 0) is 28.8 Å². The topological polar surface area (TPSA) is 228 Å². The van der Waals surface area contributed by atoms with Crippen LogP contribution in [0.4, 0.5) is 0 Å². The zero-order valence-electron chi connectivity index (χ0n) is 20.3. The smallest absolute Gasteiger partial charge is 0.326 e. The van der Waals surface area contributed by atoms with E-state index in [0.717, 1.165) is 6.92 Å². The van der Waals surface area contributed by atoms with Gasteiger partial charge in [-0.2, -0.15) is 0 Å². The lowest BCUT2D eigenvalue weighted by molar-refractivity contribution is -0.149. The first kappa shape index (κ1) is 31.7. The largest absolute Gasteiger partial charge is 0.481 e. The fraction of sp³-hybridized carbons (Fsp3) is 0.714. The standard InChI is InChI=1S/C19H33N5O7.C2H4O2/c1-11(21-17(28)14(10-25)22-12(2)26)16(27)23-13(6-3-4-8-20)18(29)24-9-5-7-15(24)19(30)31;1-2(3)4/h11,13-15,25H,3-10,20H2,1-2H3,(H,21,28)(H,22,26)(H,23,27)(H,30,31);1H3,(H,3,4)/t11-,13-,14-,15-;/m0./s1. The Balaban J connectivity index is 0.00000267. The van der Waals surface area contributed by atoms with Crippen LogP contribution in [0.5, 0.6) is 0 Å². The fourth-order valence-corrected chi connectivity index (χ4v) is 3.35. The van der Waals surface area contributed by atoms with Gasteiger partial charge < -0.3 is 41.9 Å². The Morgan fingerprint density at radius 1 is 0.971 bits per heavy atom. The number of hydrogen-bond acceptors (Lipinski definition) is 8. The van der Waals surface area contributed by atoms with Gasteiger partial charge >= 0.3 is 5.97 Å². The van der Waals surface area contributed by atoms with Gasteiger partial charge in [0, 0.05) is 20.4 Å².